The van der Waals surface area contributed by atoms with Gasteiger partial charge in [-0.2, -0.15) is 0 Å². The van der Waals surface area contributed by atoms with Crippen molar-refractivity contribution in [3.05, 3.63) is 197 Å². The highest BCUT2D eigenvalue weighted by molar-refractivity contribution is 6.11. The van der Waals surface area contributed by atoms with Crippen LogP contribution in [0.5, 0.6) is 0 Å². The molecule has 1 atom stereocenters. The normalized spacial score (nSPS) is 15.4. The van der Waals surface area contributed by atoms with Crippen molar-refractivity contribution < 1.29 is 0 Å². The molecule has 50 heavy (non-hydrogen) atoms. The fraction of sp³-hybridized carbons (Fsp3) is 0.143. The summed E-state index contributed by atoms with van der Waals surface area (Å²) in [6, 6.07) is 59.2. The molecule has 8 aromatic rings. The number of fused-ring (bicyclic) bond motifs is 9. The van der Waals surface area contributed by atoms with Crippen molar-refractivity contribution in [1.29, 1.82) is 0 Å². The maximum atomic E-state index is 2.52. The molecule has 7 aromatic carbocycles. The molecule has 0 saturated carbocycles. The van der Waals surface area contributed by atoms with Gasteiger partial charge in [0.15, 0.2) is 0 Å². The Morgan fingerprint density at radius 2 is 0.920 bits per heavy atom. The van der Waals surface area contributed by atoms with E-state index in [1.807, 2.05) is 0 Å². The zero-order chi connectivity index (χ0) is 33.8. The SMILES string of the molecule is CC1(C)c2ccccc2-c2ccc(C(c3ccccc3)c3ccc4c(c3)C(C)(C)c3cc5c(cc3-4)c3ccccc3n5-c3ccccc3)cc21. The van der Waals surface area contributed by atoms with E-state index in [0.29, 0.717) is 0 Å². The topological polar surface area (TPSA) is 4.93 Å². The Morgan fingerprint density at radius 3 is 1.64 bits per heavy atom. The minimum atomic E-state index is -0.157. The predicted octanol–water partition coefficient (Wildman–Crippen LogP) is 12.6. The fourth-order valence-corrected chi connectivity index (χ4v) is 9.37. The molecule has 0 N–H and O–H groups in total. The summed E-state index contributed by atoms with van der Waals surface area (Å²) in [5, 5.41) is 2.60. The van der Waals surface area contributed by atoms with Crippen LogP contribution in [0.25, 0.3) is 49.7 Å². The van der Waals surface area contributed by atoms with Gasteiger partial charge in [-0.1, -0.05) is 155 Å². The summed E-state index contributed by atoms with van der Waals surface area (Å²) in [5.74, 6) is 0.122. The molecule has 1 nitrogen and oxygen atoms in total. The first-order valence-electron chi connectivity index (χ1n) is 17.9. The van der Waals surface area contributed by atoms with Gasteiger partial charge < -0.3 is 4.57 Å². The molecule has 0 radical (unpaired) electrons. The third-order valence-electron chi connectivity index (χ3n) is 11.9. The average molecular weight is 642 g/mol. The Labute approximate surface area is 294 Å². The molecule has 10 rings (SSSR count). The second kappa shape index (κ2) is 10.4. The highest BCUT2D eigenvalue weighted by atomic mass is 15.0. The minimum absolute atomic E-state index is 0.0443. The lowest BCUT2D eigenvalue weighted by atomic mass is 9.77. The van der Waals surface area contributed by atoms with Gasteiger partial charge in [0, 0.05) is 33.2 Å². The van der Waals surface area contributed by atoms with E-state index in [1.165, 1.54) is 88.7 Å². The van der Waals surface area contributed by atoms with E-state index in [-0.39, 0.29) is 16.7 Å². The van der Waals surface area contributed by atoms with Crippen LogP contribution in [0.4, 0.5) is 0 Å². The van der Waals surface area contributed by atoms with Gasteiger partial charge in [0.05, 0.1) is 11.0 Å². The van der Waals surface area contributed by atoms with E-state index in [4.69, 9.17) is 0 Å². The van der Waals surface area contributed by atoms with Crippen molar-refractivity contribution in [3.8, 4) is 27.9 Å². The van der Waals surface area contributed by atoms with Gasteiger partial charge in [0.2, 0.25) is 0 Å². The highest BCUT2D eigenvalue weighted by Crippen LogP contribution is 2.53. The third-order valence-corrected chi connectivity index (χ3v) is 11.9. The molecule has 0 fully saturated rings. The van der Waals surface area contributed by atoms with Gasteiger partial charge in [-0.25, -0.2) is 0 Å². The number of hydrogen-bond acceptors (Lipinski definition) is 0. The summed E-state index contributed by atoms with van der Waals surface area (Å²) in [6.07, 6.45) is 0. The molecule has 1 unspecified atom stereocenters. The van der Waals surface area contributed by atoms with Crippen LogP contribution in [0.15, 0.2) is 158 Å². The standard InChI is InChI=1S/C49H39N/c1-48(2)41-21-13-11-19-35(41)36-25-23-32(27-42(36)48)47(31-15-7-5-8-16-31)33-24-26-37-39-29-40-38-20-12-14-22-45(38)50(34-17-9-6-10-18-34)46(40)30-44(39)49(3,4)43(37)28-33/h5-30,47H,1-4H3. The second-order valence-electron chi connectivity index (χ2n) is 15.4. The molecular formula is C49H39N. The third kappa shape index (κ3) is 4.01. The lowest BCUT2D eigenvalue weighted by Crippen LogP contribution is -2.17. The van der Waals surface area contributed by atoms with Crippen LogP contribution < -0.4 is 0 Å². The summed E-state index contributed by atoms with van der Waals surface area (Å²) in [4.78, 5) is 0. The van der Waals surface area contributed by atoms with E-state index in [9.17, 15) is 0 Å². The molecule has 240 valence electrons. The zero-order valence-corrected chi connectivity index (χ0v) is 29.0. The van der Waals surface area contributed by atoms with Crippen LogP contribution in [0.1, 0.15) is 72.6 Å². The Hall–Kier alpha value is -5.66. The molecule has 0 spiro atoms. The number of nitrogens with zero attached hydrogens (tertiary/aromatic N) is 1. The van der Waals surface area contributed by atoms with E-state index in [1.54, 1.807) is 0 Å². The smallest absolute Gasteiger partial charge is 0.0544 e. The maximum absolute atomic E-state index is 2.52. The highest BCUT2D eigenvalue weighted by Gasteiger charge is 2.38. The zero-order valence-electron chi connectivity index (χ0n) is 29.0. The van der Waals surface area contributed by atoms with E-state index in [2.05, 4.69) is 190 Å². The van der Waals surface area contributed by atoms with Crippen molar-refractivity contribution in [2.75, 3.05) is 0 Å². The van der Waals surface area contributed by atoms with Crippen LogP contribution in [-0.4, -0.2) is 4.57 Å². The van der Waals surface area contributed by atoms with Crippen molar-refractivity contribution in [2.45, 2.75) is 44.4 Å². The lowest BCUT2D eigenvalue weighted by molar-refractivity contribution is 0.657. The van der Waals surface area contributed by atoms with Crippen LogP contribution in [0, 0.1) is 0 Å². The van der Waals surface area contributed by atoms with Crippen molar-refractivity contribution in [1.82, 2.24) is 4.57 Å². The quantitative estimate of drug-likeness (QED) is 0.169. The molecule has 2 aliphatic carbocycles. The van der Waals surface area contributed by atoms with Gasteiger partial charge >= 0.3 is 0 Å². The molecule has 0 amide bonds. The summed E-state index contributed by atoms with van der Waals surface area (Å²) in [7, 11) is 0. The monoisotopic (exact) mass is 641 g/mol. The van der Waals surface area contributed by atoms with Gasteiger partial charge in [0.1, 0.15) is 0 Å². The Balaban J connectivity index is 1.15. The fourth-order valence-electron chi connectivity index (χ4n) is 9.37. The molecule has 2 aliphatic rings. The van der Waals surface area contributed by atoms with Crippen molar-refractivity contribution in [3.63, 3.8) is 0 Å². The first-order chi connectivity index (χ1) is 24.3. The molecule has 1 aromatic heterocycles. The van der Waals surface area contributed by atoms with E-state index < -0.39 is 0 Å². The first kappa shape index (κ1) is 29.3. The summed E-state index contributed by atoms with van der Waals surface area (Å²) in [5.41, 5.74) is 18.6. The molecule has 0 bridgehead atoms. The van der Waals surface area contributed by atoms with Crippen LogP contribution in [0.2, 0.25) is 0 Å². The number of hydrogen-bond donors (Lipinski definition) is 0. The molecule has 1 heteroatoms. The summed E-state index contributed by atoms with van der Waals surface area (Å²) >= 11 is 0. The Bertz CT molecular complexity index is 2640. The van der Waals surface area contributed by atoms with Crippen LogP contribution >= 0.6 is 0 Å². The van der Waals surface area contributed by atoms with E-state index >= 15 is 0 Å². The Kier molecular flexibility index (Phi) is 6.10. The number of para-hydroxylation sites is 2. The molecule has 0 aliphatic heterocycles. The van der Waals surface area contributed by atoms with Crippen molar-refractivity contribution in [2.24, 2.45) is 0 Å². The predicted molar refractivity (Wildman–Crippen MR) is 210 cm³/mol. The van der Waals surface area contributed by atoms with Crippen LogP contribution in [0.3, 0.4) is 0 Å². The van der Waals surface area contributed by atoms with Gasteiger partial charge in [-0.15, -0.1) is 0 Å². The first-order valence-corrected chi connectivity index (χ1v) is 17.9. The number of rotatable bonds is 4. The van der Waals surface area contributed by atoms with E-state index in [0.717, 1.165) is 0 Å². The van der Waals surface area contributed by atoms with Crippen molar-refractivity contribution >= 4 is 21.8 Å². The number of aromatic nitrogens is 1. The molecule has 1 heterocycles. The Morgan fingerprint density at radius 1 is 0.380 bits per heavy atom. The van der Waals surface area contributed by atoms with Gasteiger partial charge in [-0.05, 0) is 91.5 Å². The number of benzene rings is 7. The minimum Gasteiger partial charge on any atom is -0.309 e. The maximum Gasteiger partial charge on any atom is 0.0544 e. The molecular weight excluding hydrogens is 603 g/mol. The second-order valence-corrected chi connectivity index (χ2v) is 15.4. The van der Waals surface area contributed by atoms with Gasteiger partial charge in [-0.3, -0.25) is 0 Å². The molecule has 0 saturated heterocycles. The van der Waals surface area contributed by atoms with Gasteiger partial charge in [0.25, 0.3) is 0 Å². The summed E-state index contributed by atoms with van der Waals surface area (Å²) < 4.78 is 2.44. The average Bonchev–Trinajstić information content (AvgIpc) is 3.68. The lowest BCUT2D eigenvalue weighted by Gasteiger charge is -2.26. The van der Waals surface area contributed by atoms with Crippen LogP contribution in [-0.2, 0) is 10.8 Å². The summed E-state index contributed by atoms with van der Waals surface area (Å²) in [6.45, 7) is 9.58. The largest absolute Gasteiger partial charge is 0.309 e.